The van der Waals surface area contributed by atoms with Crippen LogP contribution in [0.5, 0.6) is 0 Å². The smallest absolute Gasteiger partial charge is 0.115 e. The zero-order valence-electron chi connectivity index (χ0n) is 24.3. The number of unbranched alkanes of at least 4 members (excludes halogenated alkanes) is 1. The minimum absolute atomic E-state index is 0.235. The summed E-state index contributed by atoms with van der Waals surface area (Å²) in [6, 6.07) is 0. The van der Waals surface area contributed by atoms with Crippen molar-refractivity contribution in [2.75, 3.05) is 0 Å². The Bertz CT molecular complexity index is 1130. The molecule has 0 bridgehead atoms. The van der Waals surface area contributed by atoms with Crippen molar-refractivity contribution in [1.82, 2.24) is 9.97 Å². The van der Waals surface area contributed by atoms with Gasteiger partial charge in [-0.2, -0.15) is 0 Å². The molecule has 0 unspecified atom stereocenters. The highest BCUT2D eigenvalue weighted by Crippen LogP contribution is 2.59. The molecule has 5 nitrogen and oxygen atoms in total. The molecule has 5 rings (SSSR count). The number of aryl methyl sites for hydroxylation is 1. The predicted molar refractivity (Wildman–Crippen MR) is 157 cm³/mol. The number of nitrogens with zero attached hydrogens (tertiary/aromatic N) is 1. The Hall–Kier alpha value is -1.95. The van der Waals surface area contributed by atoms with E-state index < -0.39 is 18.3 Å². The lowest BCUT2D eigenvalue weighted by atomic mass is 9.61. The number of aliphatic hydroxyl groups excluding tert-OH is 3. The largest absolute Gasteiger partial charge is 0.393 e. The molecule has 5 heteroatoms. The lowest BCUT2D eigenvalue weighted by Gasteiger charge is -2.44. The van der Waals surface area contributed by atoms with E-state index in [1.54, 1.807) is 0 Å². The molecule has 4 fully saturated rings. The molecule has 39 heavy (non-hydrogen) atoms. The number of rotatable bonds is 9. The Morgan fingerprint density at radius 2 is 1.97 bits per heavy atom. The molecule has 1 aromatic rings. The van der Waals surface area contributed by atoms with Crippen LogP contribution in [-0.2, 0) is 11.8 Å². The van der Waals surface area contributed by atoms with Gasteiger partial charge in [-0.15, -0.1) is 0 Å². The van der Waals surface area contributed by atoms with Crippen LogP contribution >= 0.6 is 0 Å². The fraction of sp³-hybridized carbons (Fsp3) is 0.676. The van der Waals surface area contributed by atoms with Gasteiger partial charge in [0.1, 0.15) is 5.82 Å². The van der Waals surface area contributed by atoms with E-state index in [0.717, 1.165) is 49.1 Å². The summed E-state index contributed by atoms with van der Waals surface area (Å²) in [6.45, 7) is 11.1. The highest BCUT2D eigenvalue weighted by Gasteiger charge is 2.53. The lowest BCUT2D eigenvalue weighted by molar-refractivity contribution is 0.0862. The van der Waals surface area contributed by atoms with Crippen LogP contribution in [0, 0.1) is 23.2 Å². The fourth-order valence-electron chi connectivity index (χ4n) is 8.12. The summed E-state index contributed by atoms with van der Waals surface area (Å²) in [7, 11) is 0. The van der Waals surface area contributed by atoms with Crippen molar-refractivity contribution < 1.29 is 15.3 Å². The van der Waals surface area contributed by atoms with Crippen molar-refractivity contribution in [3.05, 3.63) is 65.3 Å². The number of aromatic nitrogens is 2. The molecule has 0 saturated heterocycles. The molecular formula is C34H50N2O3. The average Bonchev–Trinajstić information content (AvgIpc) is 3.44. The van der Waals surface area contributed by atoms with Gasteiger partial charge in [0.25, 0.3) is 0 Å². The van der Waals surface area contributed by atoms with Crippen LogP contribution in [-0.4, -0.2) is 43.6 Å². The van der Waals surface area contributed by atoms with E-state index in [1.807, 2.05) is 6.20 Å². The topological polar surface area (TPSA) is 89.4 Å². The number of aromatic amines is 1. The van der Waals surface area contributed by atoms with Crippen LogP contribution in [0.1, 0.15) is 103 Å². The number of fused-ring (bicyclic) bond motifs is 1. The summed E-state index contributed by atoms with van der Waals surface area (Å²) in [5, 5.41) is 31.6. The Morgan fingerprint density at radius 3 is 2.72 bits per heavy atom. The molecule has 214 valence electrons. The van der Waals surface area contributed by atoms with E-state index in [1.165, 1.54) is 43.4 Å². The monoisotopic (exact) mass is 534 g/mol. The van der Waals surface area contributed by atoms with Gasteiger partial charge in [-0.05, 0) is 98.5 Å². The van der Waals surface area contributed by atoms with E-state index in [9.17, 15) is 15.3 Å². The molecule has 4 aliphatic carbocycles. The molecule has 0 spiro atoms. The van der Waals surface area contributed by atoms with Crippen molar-refractivity contribution in [1.29, 1.82) is 0 Å². The second kappa shape index (κ2) is 11.5. The summed E-state index contributed by atoms with van der Waals surface area (Å²) >= 11 is 0. The number of hydrogen-bond acceptors (Lipinski definition) is 4. The molecule has 7 atom stereocenters. The summed E-state index contributed by atoms with van der Waals surface area (Å²) < 4.78 is 0. The third-order valence-electron chi connectivity index (χ3n) is 10.8. The minimum Gasteiger partial charge on any atom is -0.393 e. The first kappa shape index (κ1) is 28.6. The second-order valence-electron chi connectivity index (χ2n) is 13.4. The molecule has 1 heterocycles. The van der Waals surface area contributed by atoms with Crippen molar-refractivity contribution in [2.45, 2.75) is 122 Å². The molecule has 4 aliphatic rings. The Kier molecular flexibility index (Phi) is 8.43. The summed E-state index contributed by atoms with van der Waals surface area (Å²) in [4.78, 5) is 8.19. The van der Waals surface area contributed by atoms with Crippen LogP contribution < -0.4 is 0 Å². The Balaban J connectivity index is 1.26. The lowest BCUT2D eigenvalue weighted by Crippen LogP contribution is -2.35. The molecule has 4 N–H and O–H groups in total. The SMILES string of the molecule is C=C1C(=CC=C2CCC[C@]3(C)[C@@H]([C@H](C)C=C[C@@H](O)C4(c5ncc(CCCC)[nH]5)CC4)CC[C@@H]23)C[C@@H](O)C[C@@H]1O. The van der Waals surface area contributed by atoms with Crippen molar-refractivity contribution in [2.24, 2.45) is 23.2 Å². The second-order valence-corrected chi connectivity index (χ2v) is 13.4. The van der Waals surface area contributed by atoms with E-state index in [0.29, 0.717) is 30.6 Å². The maximum Gasteiger partial charge on any atom is 0.115 e. The van der Waals surface area contributed by atoms with Crippen LogP contribution in [0.2, 0.25) is 0 Å². The third-order valence-corrected chi connectivity index (χ3v) is 10.8. The molecule has 0 amide bonds. The molecule has 0 radical (unpaired) electrons. The molecule has 0 aliphatic heterocycles. The molecular weight excluding hydrogens is 484 g/mol. The maximum atomic E-state index is 11.3. The van der Waals surface area contributed by atoms with Gasteiger partial charge < -0.3 is 20.3 Å². The predicted octanol–water partition coefficient (Wildman–Crippen LogP) is 6.48. The Labute approximate surface area is 235 Å². The van der Waals surface area contributed by atoms with Gasteiger partial charge in [-0.3, -0.25) is 0 Å². The van der Waals surface area contributed by atoms with Crippen LogP contribution in [0.15, 0.2) is 53.8 Å². The zero-order chi connectivity index (χ0) is 27.8. The van der Waals surface area contributed by atoms with Gasteiger partial charge in [0.05, 0.1) is 23.7 Å². The van der Waals surface area contributed by atoms with Crippen LogP contribution in [0.4, 0.5) is 0 Å². The van der Waals surface area contributed by atoms with Crippen molar-refractivity contribution in [3.8, 4) is 0 Å². The van der Waals surface area contributed by atoms with Gasteiger partial charge >= 0.3 is 0 Å². The van der Waals surface area contributed by atoms with Gasteiger partial charge in [0, 0.05) is 18.3 Å². The summed E-state index contributed by atoms with van der Waals surface area (Å²) in [6.07, 6.45) is 21.4. The zero-order valence-corrected chi connectivity index (χ0v) is 24.3. The maximum absolute atomic E-state index is 11.3. The first-order valence-corrected chi connectivity index (χ1v) is 15.5. The van der Waals surface area contributed by atoms with Crippen LogP contribution in [0.3, 0.4) is 0 Å². The van der Waals surface area contributed by atoms with Crippen molar-refractivity contribution in [3.63, 3.8) is 0 Å². The van der Waals surface area contributed by atoms with E-state index >= 15 is 0 Å². The highest BCUT2D eigenvalue weighted by molar-refractivity contribution is 5.39. The van der Waals surface area contributed by atoms with E-state index in [2.05, 4.69) is 61.6 Å². The van der Waals surface area contributed by atoms with Crippen LogP contribution in [0.25, 0.3) is 0 Å². The fourth-order valence-corrected chi connectivity index (χ4v) is 8.12. The highest BCUT2D eigenvalue weighted by atomic mass is 16.3. The third kappa shape index (κ3) is 5.64. The van der Waals surface area contributed by atoms with Gasteiger partial charge in [-0.1, -0.05) is 63.6 Å². The molecule has 1 aromatic heterocycles. The molecule has 4 saturated carbocycles. The number of nitrogens with one attached hydrogen (secondary N) is 1. The van der Waals surface area contributed by atoms with Gasteiger partial charge in [0.15, 0.2) is 0 Å². The first-order chi connectivity index (χ1) is 18.7. The van der Waals surface area contributed by atoms with Gasteiger partial charge in [0.2, 0.25) is 0 Å². The Morgan fingerprint density at radius 1 is 1.18 bits per heavy atom. The van der Waals surface area contributed by atoms with E-state index in [4.69, 9.17) is 0 Å². The minimum atomic E-state index is -0.639. The number of imidazole rings is 1. The normalized spacial score (nSPS) is 36.0. The quantitative estimate of drug-likeness (QED) is 0.273. The summed E-state index contributed by atoms with van der Waals surface area (Å²) in [5.74, 6) is 2.53. The number of hydrogen-bond donors (Lipinski definition) is 4. The first-order valence-electron chi connectivity index (χ1n) is 15.5. The average molecular weight is 535 g/mol. The van der Waals surface area contributed by atoms with E-state index in [-0.39, 0.29) is 10.8 Å². The summed E-state index contributed by atoms with van der Waals surface area (Å²) in [5.41, 5.74) is 4.48. The number of H-pyrrole nitrogens is 1. The number of allylic oxidation sites excluding steroid dienone is 4. The van der Waals surface area contributed by atoms with Crippen molar-refractivity contribution >= 4 is 0 Å². The standard InChI is InChI=1S/C34H50N2O3/c1-5-6-9-26-21-35-32(36-26)34(17-18-34)31(39)15-10-22(2)28-13-14-29-24(8-7-16-33(28,29)4)11-12-25-19-27(37)20-30(38)23(25)3/h10-12,15,21-22,27-31,37-39H,3,5-9,13-14,16-20H2,1-2,4H3,(H,35,36)/t22-,27-,28-,29+,30+,31-,33-/m1/s1. The van der Waals surface area contributed by atoms with Gasteiger partial charge in [-0.25, -0.2) is 4.98 Å². The number of aliphatic hydroxyl groups is 3. The molecule has 0 aromatic carbocycles.